The number of piperidine rings is 1. The van der Waals surface area contributed by atoms with Crippen LogP contribution < -0.4 is 10.5 Å². The van der Waals surface area contributed by atoms with E-state index >= 15 is 0 Å². The van der Waals surface area contributed by atoms with Crippen molar-refractivity contribution in [2.75, 3.05) is 44.3 Å². The Balaban J connectivity index is 1.44. The second-order valence-corrected chi connectivity index (χ2v) is 7.04. The predicted octanol–water partition coefficient (Wildman–Crippen LogP) is 1.08. The number of aromatic nitrogens is 2. The average Bonchev–Trinajstić information content (AvgIpc) is 3.22. The zero-order valence-electron chi connectivity index (χ0n) is 15.2. The van der Waals surface area contributed by atoms with E-state index in [9.17, 15) is 9.59 Å². The van der Waals surface area contributed by atoms with Crippen LogP contribution in [0.4, 0.5) is 5.69 Å². The third kappa shape index (κ3) is 4.05. The molecule has 0 unspecified atom stereocenters. The van der Waals surface area contributed by atoms with Gasteiger partial charge in [-0.05, 0) is 24.5 Å². The van der Waals surface area contributed by atoms with Crippen molar-refractivity contribution >= 4 is 11.6 Å². The van der Waals surface area contributed by atoms with Crippen LogP contribution in [0.3, 0.4) is 0 Å². The minimum atomic E-state index is -0.117. The molecule has 1 amide bonds. The molecule has 0 aromatic carbocycles. The molecule has 8 heteroatoms. The first-order chi connectivity index (χ1) is 13.2. The molecule has 4 heterocycles. The van der Waals surface area contributed by atoms with Crippen molar-refractivity contribution in [2.24, 2.45) is 0 Å². The normalized spacial score (nSPS) is 20.7. The number of ether oxygens (including phenoxy) is 1. The van der Waals surface area contributed by atoms with Crippen molar-refractivity contribution in [3.8, 4) is 0 Å². The van der Waals surface area contributed by atoms with Crippen LogP contribution in [0.25, 0.3) is 0 Å². The number of carbonyl (C=O) groups is 1. The third-order valence-electron chi connectivity index (χ3n) is 5.22. The van der Waals surface area contributed by atoms with Crippen LogP contribution in [0.5, 0.6) is 0 Å². The largest absolute Gasteiger partial charge is 0.472 e. The van der Waals surface area contributed by atoms with E-state index in [0.29, 0.717) is 32.7 Å². The average molecular weight is 372 g/mol. The van der Waals surface area contributed by atoms with Crippen molar-refractivity contribution in [3.05, 3.63) is 46.8 Å². The molecule has 0 N–H and O–H groups in total. The minimum Gasteiger partial charge on any atom is -0.472 e. The standard InChI is InChI=1S/C19H24N4O4/c24-18(10-15-3-7-27-14-15)22-4-1-2-16(13-22)23-19(25)11-17(12-20-23)21-5-8-26-9-6-21/h3,7,11-12,14,16H,1-2,4-6,8-10,13H2/t16-/m0/s1. The predicted molar refractivity (Wildman–Crippen MR) is 98.8 cm³/mol. The smallest absolute Gasteiger partial charge is 0.269 e. The fraction of sp³-hybridized carbons (Fsp3) is 0.526. The zero-order valence-corrected chi connectivity index (χ0v) is 15.2. The number of nitrogens with zero attached hydrogens (tertiary/aromatic N) is 4. The lowest BCUT2D eigenvalue weighted by Gasteiger charge is -2.33. The van der Waals surface area contributed by atoms with Gasteiger partial charge in [0.25, 0.3) is 5.56 Å². The summed E-state index contributed by atoms with van der Waals surface area (Å²) in [6, 6.07) is 3.36. The number of likely N-dealkylation sites (tertiary alicyclic amines) is 1. The molecule has 0 bridgehead atoms. The number of carbonyl (C=O) groups excluding carboxylic acids is 1. The van der Waals surface area contributed by atoms with E-state index in [1.165, 1.54) is 4.68 Å². The van der Waals surface area contributed by atoms with Gasteiger partial charge in [-0.2, -0.15) is 5.10 Å². The SMILES string of the molecule is O=C(Cc1ccoc1)N1CCC[C@H](n2ncc(N3CCOCC3)cc2=O)C1. The fourth-order valence-corrected chi connectivity index (χ4v) is 3.74. The van der Waals surface area contributed by atoms with E-state index < -0.39 is 0 Å². The van der Waals surface area contributed by atoms with Crippen LogP contribution in [0.15, 0.2) is 40.1 Å². The highest BCUT2D eigenvalue weighted by Gasteiger charge is 2.26. The second kappa shape index (κ2) is 7.96. The molecular weight excluding hydrogens is 348 g/mol. The first kappa shape index (κ1) is 17.8. The number of amides is 1. The fourth-order valence-electron chi connectivity index (χ4n) is 3.74. The number of rotatable bonds is 4. The highest BCUT2D eigenvalue weighted by atomic mass is 16.5. The Hall–Kier alpha value is -2.61. The maximum atomic E-state index is 12.6. The van der Waals surface area contributed by atoms with Crippen LogP contribution in [0, 0.1) is 0 Å². The summed E-state index contributed by atoms with van der Waals surface area (Å²) in [4.78, 5) is 29.1. The molecule has 2 aliphatic rings. The van der Waals surface area contributed by atoms with Crippen LogP contribution in [-0.2, 0) is 16.0 Å². The molecule has 0 spiro atoms. The van der Waals surface area contributed by atoms with Gasteiger partial charge in [0.05, 0.1) is 50.1 Å². The number of furan rings is 1. The quantitative estimate of drug-likeness (QED) is 0.799. The molecule has 1 atom stereocenters. The lowest BCUT2D eigenvalue weighted by Crippen LogP contribution is -2.44. The Morgan fingerprint density at radius 1 is 1.26 bits per heavy atom. The summed E-state index contributed by atoms with van der Waals surface area (Å²) >= 11 is 0. The van der Waals surface area contributed by atoms with Gasteiger partial charge in [-0.25, -0.2) is 4.68 Å². The van der Waals surface area contributed by atoms with E-state index in [4.69, 9.17) is 9.15 Å². The molecule has 2 aromatic heterocycles. The van der Waals surface area contributed by atoms with E-state index in [0.717, 1.165) is 37.2 Å². The van der Waals surface area contributed by atoms with E-state index in [1.54, 1.807) is 30.9 Å². The molecule has 0 aliphatic carbocycles. The van der Waals surface area contributed by atoms with Crippen LogP contribution in [0.2, 0.25) is 0 Å². The van der Waals surface area contributed by atoms with E-state index in [1.807, 2.05) is 4.90 Å². The molecule has 144 valence electrons. The molecule has 0 saturated carbocycles. The third-order valence-corrected chi connectivity index (χ3v) is 5.22. The van der Waals surface area contributed by atoms with Gasteiger partial charge in [0, 0.05) is 32.2 Å². The maximum absolute atomic E-state index is 12.6. The van der Waals surface area contributed by atoms with Gasteiger partial charge in [0.2, 0.25) is 5.91 Å². The van der Waals surface area contributed by atoms with E-state index in [-0.39, 0.29) is 17.5 Å². The Morgan fingerprint density at radius 2 is 2.11 bits per heavy atom. The van der Waals surface area contributed by atoms with Crippen molar-refractivity contribution in [3.63, 3.8) is 0 Å². The van der Waals surface area contributed by atoms with Crippen LogP contribution in [0.1, 0.15) is 24.4 Å². The summed E-state index contributed by atoms with van der Waals surface area (Å²) < 4.78 is 11.9. The summed E-state index contributed by atoms with van der Waals surface area (Å²) in [5.41, 5.74) is 1.59. The highest BCUT2D eigenvalue weighted by molar-refractivity contribution is 5.78. The van der Waals surface area contributed by atoms with Gasteiger partial charge in [-0.1, -0.05) is 0 Å². The van der Waals surface area contributed by atoms with Crippen molar-refractivity contribution in [2.45, 2.75) is 25.3 Å². The summed E-state index contributed by atoms with van der Waals surface area (Å²) in [7, 11) is 0. The Kier molecular flexibility index (Phi) is 5.24. The van der Waals surface area contributed by atoms with Gasteiger partial charge in [0.15, 0.2) is 0 Å². The van der Waals surface area contributed by atoms with Crippen molar-refractivity contribution in [1.82, 2.24) is 14.7 Å². The maximum Gasteiger partial charge on any atom is 0.269 e. The number of hydrogen-bond acceptors (Lipinski definition) is 6. The lowest BCUT2D eigenvalue weighted by molar-refractivity contribution is -0.132. The summed E-state index contributed by atoms with van der Waals surface area (Å²) in [6.07, 6.45) is 6.94. The van der Waals surface area contributed by atoms with Gasteiger partial charge >= 0.3 is 0 Å². The Labute approximate surface area is 157 Å². The minimum absolute atomic E-state index is 0.0547. The molecule has 2 aliphatic heterocycles. The lowest BCUT2D eigenvalue weighted by atomic mass is 10.0. The summed E-state index contributed by atoms with van der Waals surface area (Å²) in [6.45, 7) is 4.10. The molecule has 4 rings (SSSR count). The Morgan fingerprint density at radius 3 is 2.85 bits per heavy atom. The molecule has 2 fully saturated rings. The number of anilines is 1. The topological polar surface area (TPSA) is 80.8 Å². The van der Waals surface area contributed by atoms with Crippen molar-refractivity contribution in [1.29, 1.82) is 0 Å². The summed E-state index contributed by atoms with van der Waals surface area (Å²) in [5.74, 6) is 0.0547. The molecule has 2 aromatic rings. The monoisotopic (exact) mass is 372 g/mol. The molecule has 8 nitrogen and oxygen atoms in total. The first-order valence-electron chi connectivity index (χ1n) is 9.41. The molecule has 27 heavy (non-hydrogen) atoms. The first-order valence-corrected chi connectivity index (χ1v) is 9.41. The molecule has 0 radical (unpaired) electrons. The van der Waals surface area contributed by atoms with Gasteiger partial charge in [-0.15, -0.1) is 0 Å². The van der Waals surface area contributed by atoms with Crippen molar-refractivity contribution < 1.29 is 13.9 Å². The molecular formula is C19H24N4O4. The van der Waals surface area contributed by atoms with Crippen LogP contribution >= 0.6 is 0 Å². The number of hydrogen-bond donors (Lipinski definition) is 0. The van der Waals surface area contributed by atoms with Crippen LogP contribution in [-0.4, -0.2) is 60.0 Å². The van der Waals surface area contributed by atoms with Gasteiger partial charge in [-0.3, -0.25) is 9.59 Å². The highest BCUT2D eigenvalue weighted by Crippen LogP contribution is 2.21. The number of morpholine rings is 1. The Bertz CT molecular complexity index is 826. The van der Waals surface area contributed by atoms with Gasteiger partial charge < -0.3 is 19.0 Å². The molecule has 2 saturated heterocycles. The zero-order chi connectivity index (χ0) is 18.6. The van der Waals surface area contributed by atoms with E-state index in [2.05, 4.69) is 10.00 Å². The summed E-state index contributed by atoms with van der Waals surface area (Å²) in [5, 5.41) is 4.42. The van der Waals surface area contributed by atoms with Gasteiger partial charge in [0.1, 0.15) is 0 Å². The second-order valence-electron chi connectivity index (χ2n) is 7.04.